The molecule has 2 N–H and O–H groups in total. The number of carbonyl (C=O) groups is 1. The molecular weight excluding hydrogens is 370 g/mol. The van der Waals surface area contributed by atoms with Crippen molar-refractivity contribution in [1.29, 1.82) is 0 Å². The predicted octanol–water partition coefficient (Wildman–Crippen LogP) is 3.14. The Balaban J connectivity index is 1.59. The lowest BCUT2D eigenvalue weighted by molar-refractivity contribution is 0.102. The maximum Gasteiger partial charge on any atom is 0.258 e. The van der Waals surface area contributed by atoms with Gasteiger partial charge in [-0.05, 0) is 38.5 Å². The summed E-state index contributed by atoms with van der Waals surface area (Å²) in [4.78, 5) is 17.3. The van der Waals surface area contributed by atoms with Crippen molar-refractivity contribution in [2.75, 3.05) is 5.32 Å². The van der Waals surface area contributed by atoms with E-state index in [-0.39, 0.29) is 12.5 Å². The number of amides is 1. The number of pyridine rings is 1. The Morgan fingerprint density at radius 2 is 2.10 bits per heavy atom. The third kappa shape index (κ3) is 3.62. The second kappa shape index (κ2) is 7.48. The molecule has 4 rings (SSSR count). The fraction of sp³-hybridized carbons (Fsp3) is 0.238. The molecular formula is C21H21N5O3. The molecule has 4 aromatic rings. The summed E-state index contributed by atoms with van der Waals surface area (Å²) in [5.41, 5.74) is 4.97. The molecule has 8 nitrogen and oxygen atoms in total. The van der Waals surface area contributed by atoms with Gasteiger partial charge in [-0.1, -0.05) is 17.3 Å². The van der Waals surface area contributed by atoms with Gasteiger partial charge >= 0.3 is 0 Å². The number of para-hydroxylation sites is 1. The lowest BCUT2D eigenvalue weighted by atomic mass is 10.1. The molecule has 8 heteroatoms. The molecule has 3 aromatic heterocycles. The first-order valence-electron chi connectivity index (χ1n) is 9.22. The summed E-state index contributed by atoms with van der Waals surface area (Å²) < 4.78 is 6.85. The fourth-order valence-electron chi connectivity index (χ4n) is 3.34. The van der Waals surface area contributed by atoms with Crippen LogP contribution >= 0.6 is 0 Å². The SMILES string of the molecule is Cc1cc(CO)c2cccc(NC(=O)c3cnn(Cc4c(C)noc4C)c3)c2n1. The van der Waals surface area contributed by atoms with Gasteiger partial charge in [0.1, 0.15) is 5.76 Å². The van der Waals surface area contributed by atoms with Gasteiger partial charge in [0.15, 0.2) is 0 Å². The van der Waals surface area contributed by atoms with Gasteiger partial charge in [-0.25, -0.2) is 0 Å². The molecule has 0 saturated heterocycles. The second-order valence-corrected chi connectivity index (χ2v) is 6.97. The minimum atomic E-state index is -0.281. The minimum Gasteiger partial charge on any atom is -0.392 e. The van der Waals surface area contributed by atoms with Crippen molar-refractivity contribution in [2.45, 2.75) is 33.9 Å². The zero-order valence-corrected chi connectivity index (χ0v) is 16.4. The van der Waals surface area contributed by atoms with Crippen LogP contribution in [-0.2, 0) is 13.2 Å². The minimum absolute atomic E-state index is 0.0915. The van der Waals surface area contributed by atoms with Crippen molar-refractivity contribution in [3.05, 3.63) is 70.5 Å². The summed E-state index contributed by atoms with van der Waals surface area (Å²) in [5, 5.41) is 21.6. The Labute approximate surface area is 167 Å². The standard InChI is InChI=1S/C21H21N5O3/c1-12-7-15(11-27)17-5-4-6-19(20(17)23-12)24-21(28)16-8-22-26(9-16)10-18-13(2)25-29-14(18)3/h4-9,27H,10-11H2,1-3H3,(H,24,28). The lowest BCUT2D eigenvalue weighted by Gasteiger charge is -2.10. The number of hydrogen-bond acceptors (Lipinski definition) is 6. The topological polar surface area (TPSA) is 106 Å². The number of aryl methyl sites for hydroxylation is 3. The van der Waals surface area contributed by atoms with E-state index in [2.05, 4.69) is 20.6 Å². The number of benzene rings is 1. The monoisotopic (exact) mass is 391 g/mol. The maximum atomic E-state index is 12.8. The molecule has 0 aliphatic heterocycles. The van der Waals surface area contributed by atoms with Gasteiger partial charge in [-0.15, -0.1) is 0 Å². The highest BCUT2D eigenvalue weighted by molar-refractivity contribution is 6.08. The third-order valence-corrected chi connectivity index (χ3v) is 4.87. The number of fused-ring (bicyclic) bond motifs is 1. The van der Waals surface area contributed by atoms with E-state index in [1.165, 1.54) is 6.20 Å². The first-order valence-corrected chi connectivity index (χ1v) is 9.22. The van der Waals surface area contributed by atoms with Gasteiger partial charge in [0.05, 0.1) is 41.8 Å². The fourth-order valence-corrected chi connectivity index (χ4v) is 3.34. The number of nitrogens with zero attached hydrogens (tertiary/aromatic N) is 4. The highest BCUT2D eigenvalue weighted by atomic mass is 16.5. The molecule has 0 radical (unpaired) electrons. The van der Waals surface area contributed by atoms with E-state index in [9.17, 15) is 9.90 Å². The zero-order valence-electron chi connectivity index (χ0n) is 16.4. The largest absolute Gasteiger partial charge is 0.392 e. The summed E-state index contributed by atoms with van der Waals surface area (Å²) in [6.45, 7) is 5.96. The van der Waals surface area contributed by atoms with Gasteiger partial charge in [-0.3, -0.25) is 14.5 Å². The highest BCUT2D eigenvalue weighted by Gasteiger charge is 2.15. The summed E-state index contributed by atoms with van der Waals surface area (Å²) in [6.07, 6.45) is 3.21. The van der Waals surface area contributed by atoms with Crippen LogP contribution in [0.4, 0.5) is 5.69 Å². The quantitative estimate of drug-likeness (QED) is 0.541. The van der Waals surface area contributed by atoms with E-state index in [1.807, 2.05) is 39.0 Å². The van der Waals surface area contributed by atoms with Crippen LogP contribution in [0.2, 0.25) is 0 Å². The van der Waals surface area contributed by atoms with Gasteiger partial charge in [-0.2, -0.15) is 5.10 Å². The van der Waals surface area contributed by atoms with Crippen molar-refractivity contribution in [2.24, 2.45) is 0 Å². The number of anilines is 1. The number of aliphatic hydroxyl groups excluding tert-OH is 1. The summed E-state index contributed by atoms with van der Waals surface area (Å²) in [7, 11) is 0. The lowest BCUT2D eigenvalue weighted by Crippen LogP contribution is -2.12. The van der Waals surface area contributed by atoms with Crippen LogP contribution in [0.3, 0.4) is 0 Å². The molecule has 1 aromatic carbocycles. The van der Waals surface area contributed by atoms with E-state index >= 15 is 0 Å². The van der Waals surface area contributed by atoms with Crippen molar-refractivity contribution in [3.8, 4) is 0 Å². The van der Waals surface area contributed by atoms with Crippen LogP contribution < -0.4 is 5.32 Å². The zero-order chi connectivity index (χ0) is 20.5. The molecule has 3 heterocycles. The average molecular weight is 391 g/mol. The number of hydrogen-bond donors (Lipinski definition) is 2. The van der Waals surface area contributed by atoms with Crippen LogP contribution in [-0.4, -0.2) is 30.9 Å². The number of nitrogens with one attached hydrogen (secondary N) is 1. The Morgan fingerprint density at radius 1 is 1.28 bits per heavy atom. The Kier molecular flexibility index (Phi) is 4.85. The molecule has 1 amide bonds. The van der Waals surface area contributed by atoms with Crippen LogP contribution in [0.1, 0.15) is 38.6 Å². The predicted molar refractivity (Wildman–Crippen MR) is 108 cm³/mol. The number of carbonyl (C=O) groups excluding carboxylic acids is 1. The van der Waals surface area contributed by atoms with Crippen molar-refractivity contribution >= 4 is 22.5 Å². The summed E-state index contributed by atoms with van der Waals surface area (Å²) in [5.74, 6) is 0.456. The average Bonchev–Trinajstić information content (AvgIpc) is 3.30. The third-order valence-electron chi connectivity index (χ3n) is 4.87. The van der Waals surface area contributed by atoms with Crippen LogP contribution in [0.5, 0.6) is 0 Å². The molecule has 0 aliphatic rings. The molecule has 0 saturated carbocycles. The number of aromatic nitrogens is 4. The van der Waals surface area contributed by atoms with E-state index in [1.54, 1.807) is 16.9 Å². The number of aliphatic hydroxyl groups is 1. The molecule has 0 aliphatic carbocycles. The smallest absolute Gasteiger partial charge is 0.258 e. The first-order chi connectivity index (χ1) is 14.0. The van der Waals surface area contributed by atoms with Crippen LogP contribution in [0.15, 0.2) is 41.2 Å². The van der Waals surface area contributed by atoms with Crippen molar-refractivity contribution < 1.29 is 14.4 Å². The van der Waals surface area contributed by atoms with E-state index in [0.717, 1.165) is 33.7 Å². The summed E-state index contributed by atoms with van der Waals surface area (Å²) >= 11 is 0. The van der Waals surface area contributed by atoms with Crippen molar-refractivity contribution in [3.63, 3.8) is 0 Å². The van der Waals surface area contributed by atoms with Gasteiger partial charge < -0.3 is 14.9 Å². The highest BCUT2D eigenvalue weighted by Crippen LogP contribution is 2.26. The van der Waals surface area contributed by atoms with E-state index < -0.39 is 0 Å². The van der Waals surface area contributed by atoms with Gasteiger partial charge in [0.2, 0.25) is 0 Å². The molecule has 0 bridgehead atoms. The molecule has 148 valence electrons. The normalized spacial score (nSPS) is 11.2. The molecule has 0 spiro atoms. The molecule has 29 heavy (non-hydrogen) atoms. The Bertz CT molecular complexity index is 1190. The van der Waals surface area contributed by atoms with E-state index in [4.69, 9.17) is 4.52 Å². The Hall–Kier alpha value is -3.52. The molecule has 0 atom stereocenters. The maximum absolute atomic E-state index is 12.8. The van der Waals surface area contributed by atoms with Crippen molar-refractivity contribution in [1.82, 2.24) is 19.9 Å². The van der Waals surface area contributed by atoms with E-state index in [0.29, 0.717) is 23.3 Å². The molecule has 0 fully saturated rings. The van der Waals surface area contributed by atoms with Gasteiger partial charge in [0.25, 0.3) is 5.91 Å². The van der Waals surface area contributed by atoms with Gasteiger partial charge in [0, 0.05) is 22.8 Å². The first kappa shape index (κ1) is 18.8. The Morgan fingerprint density at radius 3 is 2.83 bits per heavy atom. The summed E-state index contributed by atoms with van der Waals surface area (Å²) in [6, 6.07) is 7.34. The molecule has 0 unspecified atom stereocenters. The number of rotatable bonds is 5. The van der Waals surface area contributed by atoms with Crippen LogP contribution in [0.25, 0.3) is 10.9 Å². The van der Waals surface area contributed by atoms with Crippen LogP contribution in [0, 0.1) is 20.8 Å². The second-order valence-electron chi connectivity index (χ2n) is 6.97.